The Morgan fingerprint density at radius 1 is 1.18 bits per heavy atom. The zero-order valence-electron chi connectivity index (χ0n) is 14.4. The Bertz CT molecular complexity index is 1080. The van der Waals surface area contributed by atoms with Gasteiger partial charge in [-0.15, -0.1) is 0 Å². The molecule has 1 aromatic heterocycles. The normalized spacial score (nSPS) is 11.5. The molecular formula is C19H13ClF4N2O2. The van der Waals surface area contributed by atoms with Crippen LogP contribution in [-0.2, 0) is 12.7 Å². The summed E-state index contributed by atoms with van der Waals surface area (Å²) in [5.41, 5.74) is -1.37. The van der Waals surface area contributed by atoms with Crippen molar-refractivity contribution in [1.82, 2.24) is 9.55 Å². The van der Waals surface area contributed by atoms with Crippen LogP contribution in [0.5, 0.6) is 5.75 Å². The van der Waals surface area contributed by atoms with Crippen LogP contribution in [0.15, 0.2) is 53.5 Å². The third-order valence-corrected chi connectivity index (χ3v) is 4.38. The van der Waals surface area contributed by atoms with Crippen LogP contribution in [-0.4, -0.2) is 16.7 Å². The summed E-state index contributed by atoms with van der Waals surface area (Å²) in [4.78, 5) is 16.0. The predicted molar refractivity (Wildman–Crippen MR) is 96.0 cm³/mol. The van der Waals surface area contributed by atoms with E-state index in [0.717, 1.165) is 6.07 Å². The topological polar surface area (TPSA) is 44.1 Å². The van der Waals surface area contributed by atoms with Crippen molar-refractivity contribution >= 4 is 11.6 Å². The number of hydrogen-bond donors (Lipinski definition) is 0. The van der Waals surface area contributed by atoms with Crippen LogP contribution in [0.4, 0.5) is 17.6 Å². The summed E-state index contributed by atoms with van der Waals surface area (Å²) in [6.45, 7) is 0.0311. The van der Waals surface area contributed by atoms with Gasteiger partial charge in [-0.3, -0.25) is 4.79 Å². The quantitative estimate of drug-likeness (QED) is 0.579. The molecule has 2 aromatic carbocycles. The van der Waals surface area contributed by atoms with Gasteiger partial charge in [0.25, 0.3) is 0 Å². The summed E-state index contributed by atoms with van der Waals surface area (Å²) in [5, 5.41) is -0.583. The van der Waals surface area contributed by atoms with E-state index in [0.29, 0.717) is 5.56 Å². The number of benzene rings is 2. The van der Waals surface area contributed by atoms with E-state index < -0.39 is 28.1 Å². The molecule has 0 N–H and O–H groups in total. The molecule has 0 saturated carbocycles. The second-order valence-electron chi connectivity index (χ2n) is 5.86. The first-order valence-corrected chi connectivity index (χ1v) is 8.34. The third-order valence-electron chi connectivity index (χ3n) is 3.97. The molecule has 3 aromatic rings. The maximum atomic E-state index is 13.5. The standard InChI is InChI=1S/C19H13ClF4N2O2/c1-28-15-10-26(9-11-4-2-5-12(21)8-11)17(25-18(15)27)13-6-3-7-14(16(13)20)19(22,23)24/h2-8,10H,9H2,1H3. The van der Waals surface area contributed by atoms with Crippen LogP contribution in [0.25, 0.3) is 11.4 Å². The highest BCUT2D eigenvalue weighted by Crippen LogP contribution is 2.39. The van der Waals surface area contributed by atoms with E-state index in [1.165, 1.54) is 48.2 Å². The summed E-state index contributed by atoms with van der Waals surface area (Å²) in [6, 6.07) is 8.99. The Kier molecular flexibility index (Phi) is 5.42. The van der Waals surface area contributed by atoms with E-state index in [-0.39, 0.29) is 23.7 Å². The molecule has 146 valence electrons. The number of nitrogens with zero attached hydrogens (tertiary/aromatic N) is 2. The highest BCUT2D eigenvalue weighted by Gasteiger charge is 2.34. The molecule has 0 spiro atoms. The molecule has 0 radical (unpaired) electrons. The van der Waals surface area contributed by atoms with Crippen molar-refractivity contribution in [2.24, 2.45) is 0 Å². The fourth-order valence-electron chi connectivity index (χ4n) is 2.70. The van der Waals surface area contributed by atoms with Gasteiger partial charge in [-0.2, -0.15) is 18.2 Å². The van der Waals surface area contributed by atoms with Crippen molar-refractivity contribution in [1.29, 1.82) is 0 Å². The highest BCUT2D eigenvalue weighted by molar-refractivity contribution is 6.34. The van der Waals surface area contributed by atoms with E-state index >= 15 is 0 Å². The highest BCUT2D eigenvalue weighted by atomic mass is 35.5. The van der Waals surface area contributed by atoms with Crippen molar-refractivity contribution in [2.75, 3.05) is 7.11 Å². The number of rotatable bonds is 4. The summed E-state index contributed by atoms with van der Waals surface area (Å²) in [5.74, 6) is -0.675. The molecule has 1 heterocycles. The third kappa shape index (κ3) is 4.01. The molecule has 9 heteroatoms. The Balaban J connectivity index is 2.21. The molecule has 0 aliphatic heterocycles. The fourth-order valence-corrected chi connectivity index (χ4v) is 3.02. The molecule has 28 heavy (non-hydrogen) atoms. The van der Waals surface area contributed by atoms with E-state index in [1.807, 2.05) is 0 Å². The van der Waals surface area contributed by atoms with E-state index in [4.69, 9.17) is 16.3 Å². The van der Waals surface area contributed by atoms with Gasteiger partial charge in [-0.05, 0) is 29.8 Å². The van der Waals surface area contributed by atoms with Crippen LogP contribution < -0.4 is 10.3 Å². The van der Waals surface area contributed by atoms with Gasteiger partial charge < -0.3 is 9.30 Å². The maximum absolute atomic E-state index is 13.5. The van der Waals surface area contributed by atoms with Gasteiger partial charge in [-0.1, -0.05) is 29.8 Å². The van der Waals surface area contributed by atoms with Gasteiger partial charge in [0.1, 0.15) is 11.6 Å². The zero-order chi connectivity index (χ0) is 20.5. The molecule has 0 aliphatic carbocycles. The van der Waals surface area contributed by atoms with Gasteiger partial charge >= 0.3 is 11.7 Å². The summed E-state index contributed by atoms with van der Waals surface area (Å²) in [7, 11) is 1.27. The first kappa shape index (κ1) is 19.9. The lowest BCUT2D eigenvalue weighted by atomic mass is 10.1. The summed E-state index contributed by atoms with van der Waals surface area (Å²) in [6.07, 6.45) is -3.38. The van der Waals surface area contributed by atoms with Crippen LogP contribution in [0.1, 0.15) is 11.1 Å². The van der Waals surface area contributed by atoms with Crippen molar-refractivity contribution in [2.45, 2.75) is 12.7 Å². The minimum atomic E-state index is -4.67. The van der Waals surface area contributed by atoms with Crippen molar-refractivity contribution in [3.05, 3.63) is 81.0 Å². The van der Waals surface area contributed by atoms with Crippen molar-refractivity contribution < 1.29 is 22.3 Å². The summed E-state index contributed by atoms with van der Waals surface area (Å²) < 4.78 is 59.5. The average molecular weight is 413 g/mol. The number of aromatic nitrogens is 2. The minimum absolute atomic E-state index is 0.0311. The molecule has 3 rings (SSSR count). The van der Waals surface area contributed by atoms with Crippen LogP contribution in [0.2, 0.25) is 5.02 Å². The Labute approximate surface area is 162 Å². The summed E-state index contributed by atoms with van der Waals surface area (Å²) >= 11 is 5.99. The maximum Gasteiger partial charge on any atom is 0.417 e. The van der Waals surface area contributed by atoms with Gasteiger partial charge in [0.2, 0.25) is 5.75 Å². The second kappa shape index (κ2) is 7.63. The lowest BCUT2D eigenvalue weighted by Gasteiger charge is -2.17. The van der Waals surface area contributed by atoms with E-state index in [9.17, 15) is 22.4 Å². The number of methoxy groups -OCH3 is 1. The van der Waals surface area contributed by atoms with Gasteiger partial charge in [0.05, 0.1) is 23.9 Å². The molecule has 4 nitrogen and oxygen atoms in total. The van der Waals surface area contributed by atoms with Gasteiger partial charge in [-0.25, -0.2) is 4.39 Å². The number of halogens is 5. The molecular weight excluding hydrogens is 400 g/mol. The largest absolute Gasteiger partial charge is 0.490 e. The van der Waals surface area contributed by atoms with Crippen LogP contribution >= 0.6 is 11.6 Å². The Morgan fingerprint density at radius 2 is 1.89 bits per heavy atom. The van der Waals surface area contributed by atoms with Crippen molar-refractivity contribution in [3.8, 4) is 17.1 Å². The molecule has 0 saturated heterocycles. The molecule has 0 amide bonds. The first-order chi connectivity index (χ1) is 13.2. The van der Waals surface area contributed by atoms with E-state index in [2.05, 4.69) is 4.98 Å². The molecule has 0 aliphatic rings. The number of hydrogen-bond acceptors (Lipinski definition) is 3. The van der Waals surface area contributed by atoms with E-state index in [1.54, 1.807) is 6.07 Å². The lowest BCUT2D eigenvalue weighted by Crippen LogP contribution is -2.18. The molecule has 0 fully saturated rings. The van der Waals surface area contributed by atoms with Gasteiger partial charge in [0, 0.05) is 12.1 Å². The Morgan fingerprint density at radius 3 is 2.54 bits per heavy atom. The van der Waals surface area contributed by atoms with Crippen LogP contribution in [0, 0.1) is 5.82 Å². The monoisotopic (exact) mass is 412 g/mol. The Hall–Kier alpha value is -2.87. The fraction of sp³-hybridized carbons (Fsp3) is 0.158. The zero-order valence-corrected chi connectivity index (χ0v) is 15.2. The first-order valence-electron chi connectivity index (χ1n) is 7.96. The second-order valence-corrected chi connectivity index (χ2v) is 6.24. The smallest absolute Gasteiger partial charge is 0.417 e. The minimum Gasteiger partial charge on any atom is -0.490 e. The van der Waals surface area contributed by atoms with Gasteiger partial charge in [0.15, 0.2) is 0 Å². The lowest BCUT2D eigenvalue weighted by molar-refractivity contribution is -0.137. The predicted octanol–water partition coefficient (Wildman–Crippen LogP) is 4.78. The molecule has 0 unspecified atom stereocenters. The molecule has 0 atom stereocenters. The SMILES string of the molecule is COc1cn(Cc2cccc(F)c2)c(-c2cccc(C(F)(F)F)c2Cl)nc1=O. The number of ether oxygens (including phenoxy) is 1. The number of alkyl halides is 3. The van der Waals surface area contributed by atoms with Crippen molar-refractivity contribution in [3.63, 3.8) is 0 Å². The molecule has 0 bridgehead atoms. The average Bonchev–Trinajstić information content (AvgIpc) is 2.62. The van der Waals surface area contributed by atoms with Crippen LogP contribution in [0.3, 0.4) is 0 Å².